The van der Waals surface area contributed by atoms with E-state index in [1.807, 2.05) is 48.5 Å². The predicted octanol–water partition coefficient (Wildman–Crippen LogP) is 4.70. The lowest BCUT2D eigenvalue weighted by Crippen LogP contribution is -2.36. The molecule has 3 aromatic rings. The molecule has 1 saturated carbocycles. The zero-order chi connectivity index (χ0) is 24.2. The molecule has 2 aliphatic rings. The first kappa shape index (κ1) is 23.2. The number of rotatable bonds is 9. The number of hydrogen-bond donors (Lipinski definition) is 0. The number of Topliss-reactive ketones (excluding diaryl/α,β-unsaturated/α-hetero) is 2. The highest BCUT2D eigenvalue weighted by Crippen LogP contribution is 2.31. The maximum absolute atomic E-state index is 12.9. The third kappa shape index (κ3) is 5.75. The van der Waals surface area contributed by atoms with Crippen molar-refractivity contribution >= 4 is 23.0 Å². The summed E-state index contributed by atoms with van der Waals surface area (Å²) in [6.45, 7) is 3.18. The van der Waals surface area contributed by atoms with Crippen molar-refractivity contribution in [3.63, 3.8) is 0 Å². The van der Waals surface area contributed by atoms with Crippen LogP contribution in [0.4, 0.5) is 5.69 Å². The van der Waals surface area contributed by atoms with Gasteiger partial charge in [0.25, 0.3) is 0 Å². The van der Waals surface area contributed by atoms with Gasteiger partial charge in [0.15, 0.2) is 11.6 Å². The minimum absolute atomic E-state index is 0.0499. The van der Waals surface area contributed by atoms with E-state index in [0.29, 0.717) is 28.9 Å². The van der Waals surface area contributed by atoms with Gasteiger partial charge in [0.05, 0.1) is 13.2 Å². The maximum atomic E-state index is 12.9. The molecule has 3 aromatic carbocycles. The van der Waals surface area contributed by atoms with Crippen LogP contribution in [0.3, 0.4) is 0 Å². The van der Waals surface area contributed by atoms with Crippen molar-refractivity contribution in [2.75, 3.05) is 31.2 Å². The Bertz CT molecular complexity index is 1200. The van der Waals surface area contributed by atoms with Gasteiger partial charge in [0, 0.05) is 54.2 Å². The molecule has 5 nitrogen and oxygen atoms in total. The van der Waals surface area contributed by atoms with Crippen molar-refractivity contribution < 1.29 is 19.1 Å². The average Bonchev–Trinajstić information content (AvgIpc) is 3.76. The summed E-state index contributed by atoms with van der Waals surface area (Å²) in [4.78, 5) is 39.9. The largest absolute Gasteiger partial charge is 0.378 e. The number of carbonyl (C=O) groups excluding carboxylic acids is 3. The molecule has 1 heterocycles. The first-order valence-electron chi connectivity index (χ1n) is 12.3. The van der Waals surface area contributed by atoms with Crippen LogP contribution < -0.4 is 4.90 Å². The van der Waals surface area contributed by atoms with Crippen LogP contribution in [0.5, 0.6) is 0 Å². The first-order valence-corrected chi connectivity index (χ1v) is 12.3. The number of nitrogens with zero attached hydrogens (tertiary/aromatic N) is 1. The van der Waals surface area contributed by atoms with E-state index in [0.717, 1.165) is 56.0 Å². The fraction of sp³-hybridized carbons (Fsp3) is 0.300. The molecule has 0 N–H and O–H groups in total. The lowest BCUT2D eigenvalue weighted by atomic mass is 9.97. The Morgan fingerprint density at radius 2 is 1.20 bits per heavy atom. The number of anilines is 1. The molecule has 0 aromatic heterocycles. The lowest BCUT2D eigenvalue weighted by molar-refractivity contribution is -0.119. The molecule has 0 radical (unpaired) electrons. The van der Waals surface area contributed by atoms with E-state index in [1.54, 1.807) is 24.3 Å². The van der Waals surface area contributed by atoms with Crippen molar-refractivity contribution in [3.8, 4) is 0 Å². The molecular formula is C30H29NO4. The minimum atomic E-state index is -0.0679. The number of ketones is 3. The second kappa shape index (κ2) is 10.4. The molecule has 2 fully saturated rings. The van der Waals surface area contributed by atoms with Gasteiger partial charge < -0.3 is 9.64 Å². The van der Waals surface area contributed by atoms with E-state index in [9.17, 15) is 14.4 Å². The number of hydrogen-bond acceptors (Lipinski definition) is 5. The third-order valence-corrected chi connectivity index (χ3v) is 6.77. The molecule has 35 heavy (non-hydrogen) atoms. The highest BCUT2D eigenvalue weighted by atomic mass is 16.5. The highest BCUT2D eigenvalue weighted by Gasteiger charge is 2.29. The number of benzene rings is 3. The SMILES string of the molecule is O=C(Cc1ccc(C(=O)c2ccc(CC(=O)C3CC3)cc2)cc1)c1ccc(N2CCOCC2)cc1. The summed E-state index contributed by atoms with van der Waals surface area (Å²) in [6.07, 6.45) is 2.75. The zero-order valence-corrected chi connectivity index (χ0v) is 19.7. The molecule has 1 aliphatic carbocycles. The quantitative estimate of drug-likeness (QED) is 0.427. The van der Waals surface area contributed by atoms with Crippen LogP contribution in [0, 0.1) is 5.92 Å². The molecular weight excluding hydrogens is 438 g/mol. The van der Waals surface area contributed by atoms with E-state index >= 15 is 0 Å². The van der Waals surface area contributed by atoms with Gasteiger partial charge >= 0.3 is 0 Å². The van der Waals surface area contributed by atoms with E-state index < -0.39 is 0 Å². The Labute approximate surface area is 205 Å². The second-order valence-corrected chi connectivity index (χ2v) is 9.39. The molecule has 178 valence electrons. The van der Waals surface area contributed by atoms with E-state index in [2.05, 4.69) is 4.90 Å². The van der Waals surface area contributed by atoms with Crippen molar-refractivity contribution in [1.82, 2.24) is 0 Å². The summed E-state index contributed by atoms with van der Waals surface area (Å²) >= 11 is 0. The summed E-state index contributed by atoms with van der Waals surface area (Å²) in [5.74, 6) is 0.522. The molecule has 0 amide bonds. The van der Waals surface area contributed by atoms with Crippen LogP contribution in [-0.2, 0) is 22.4 Å². The van der Waals surface area contributed by atoms with Gasteiger partial charge in [-0.2, -0.15) is 0 Å². The summed E-state index contributed by atoms with van der Waals surface area (Å²) in [5, 5.41) is 0. The van der Waals surface area contributed by atoms with Crippen LogP contribution in [0.1, 0.15) is 50.2 Å². The molecule has 1 saturated heterocycles. The normalized spacial score (nSPS) is 15.6. The van der Waals surface area contributed by atoms with Gasteiger partial charge in [-0.3, -0.25) is 14.4 Å². The van der Waals surface area contributed by atoms with E-state index in [1.165, 1.54) is 0 Å². The Kier molecular flexibility index (Phi) is 6.87. The summed E-state index contributed by atoms with van der Waals surface area (Å²) in [5.41, 5.74) is 4.79. The van der Waals surface area contributed by atoms with Crippen molar-refractivity contribution in [2.45, 2.75) is 25.7 Å². The number of ether oxygens (including phenoxy) is 1. The molecule has 0 unspecified atom stereocenters. The molecule has 5 heteroatoms. The highest BCUT2D eigenvalue weighted by molar-refractivity contribution is 6.09. The Hall–Kier alpha value is -3.57. The molecule has 0 atom stereocenters. The fourth-order valence-corrected chi connectivity index (χ4v) is 4.43. The molecule has 0 bridgehead atoms. The smallest absolute Gasteiger partial charge is 0.193 e. The number of carbonyl (C=O) groups is 3. The maximum Gasteiger partial charge on any atom is 0.193 e. The van der Waals surface area contributed by atoms with Crippen molar-refractivity contribution in [1.29, 1.82) is 0 Å². The predicted molar refractivity (Wildman–Crippen MR) is 135 cm³/mol. The topological polar surface area (TPSA) is 63.7 Å². The Balaban J connectivity index is 1.18. The molecule has 5 rings (SSSR count). The average molecular weight is 468 g/mol. The van der Waals surface area contributed by atoms with E-state index in [4.69, 9.17) is 4.74 Å². The van der Waals surface area contributed by atoms with Gasteiger partial charge in [0.1, 0.15) is 5.78 Å². The van der Waals surface area contributed by atoms with Gasteiger partial charge in [-0.1, -0.05) is 48.5 Å². The van der Waals surface area contributed by atoms with Crippen molar-refractivity contribution in [2.24, 2.45) is 5.92 Å². The Morgan fingerprint density at radius 3 is 1.74 bits per heavy atom. The van der Waals surface area contributed by atoms with Gasteiger partial charge in [-0.15, -0.1) is 0 Å². The first-order chi connectivity index (χ1) is 17.1. The van der Waals surface area contributed by atoms with Crippen LogP contribution in [0.2, 0.25) is 0 Å². The third-order valence-electron chi connectivity index (χ3n) is 6.77. The summed E-state index contributed by atoms with van der Waals surface area (Å²) in [6, 6.07) is 22.3. The number of morpholine rings is 1. The van der Waals surface area contributed by atoms with Gasteiger partial charge in [-0.25, -0.2) is 0 Å². The standard InChI is InChI=1S/C30H29NO4/c32-28(23-9-10-23)19-21-1-5-25(6-2-21)30(34)26-7-3-22(4-8-26)20-29(33)24-11-13-27(14-12-24)31-15-17-35-18-16-31/h1-8,11-14,23H,9-10,15-20H2. The zero-order valence-electron chi connectivity index (χ0n) is 19.7. The lowest BCUT2D eigenvalue weighted by Gasteiger charge is -2.28. The summed E-state index contributed by atoms with van der Waals surface area (Å²) in [7, 11) is 0. The monoisotopic (exact) mass is 467 g/mol. The fourth-order valence-electron chi connectivity index (χ4n) is 4.43. The van der Waals surface area contributed by atoms with Crippen LogP contribution in [-0.4, -0.2) is 43.7 Å². The van der Waals surface area contributed by atoms with Crippen LogP contribution >= 0.6 is 0 Å². The van der Waals surface area contributed by atoms with Gasteiger partial charge in [0.2, 0.25) is 0 Å². The Morgan fingerprint density at radius 1 is 0.686 bits per heavy atom. The van der Waals surface area contributed by atoms with Gasteiger partial charge in [-0.05, 0) is 48.2 Å². The van der Waals surface area contributed by atoms with Crippen LogP contribution in [0.25, 0.3) is 0 Å². The second-order valence-electron chi connectivity index (χ2n) is 9.39. The van der Waals surface area contributed by atoms with Crippen molar-refractivity contribution in [3.05, 3.63) is 101 Å². The van der Waals surface area contributed by atoms with E-state index in [-0.39, 0.29) is 23.9 Å². The molecule has 0 spiro atoms. The van der Waals surface area contributed by atoms with Crippen LogP contribution in [0.15, 0.2) is 72.8 Å². The molecule has 1 aliphatic heterocycles. The minimum Gasteiger partial charge on any atom is -0.378 e. The summed E-state index contributed by atoms with van der Waals surface area (Å²) < 4.78 is 5.40.